The average molecular weight is 477 g/mol. The molecule has 0 bridgehead atoms. The van der Waals surface area contributed by atoms with E-state index >= 15 is 0 Å². The number of ether oxygens (including phenoxy) is 1. The Bertz CT molecular complexity index is 969. The van der Waals surface area contributed by atoms with Crippen molar-refractivity contribution in [1.82, 2.24) is 0 Å². The average Bonchev–Trinajstić information content (AvgIpc) is 2.80. The molecule has 0 atom stereocenters. The molecule has 0 amide bonds. The fraction of sp³-hybridized carbons (Fsp3) is 0.111. The molecule has 0 saturated heterocycles. The third kappa shape index (κ3) is 4.21. The van der Waals surface area contributed by atoms with E-state index in [1.807, 2.05) is 6.07 Å². The van der Waals surface area contributed by atoms with Crippen LogP contribution in [0.5, 0.6) is 5.75 Å². The van der Waals surface area contributed by atoms with Crippen molar-refractivity contribution in [2.45, 2.75) is 13.1 Å². The normalized spacial score (nSPS) is 10.9. The van der Waals surface area contributed by atoms with Crippen molar-refractivity contribution < 1.29 is 21.7 Å². The molecule has 4 rings (SSSR count). The second kappa shape index (κ2) is 10.1. The maximum absolute atomic E-state index is 5.63. The van der Waals surface area contributed by atoms with E-state index in [0.717, 1.165) is 11.9 Å². The molecule has 0 aliphatic rings. The first-order valence-electron chi connectivity index (χ1n) is 9.93. The van der Waals surface area contributed by atoms with Crippen LogP contribution in [0.4, 0.5) is 0 Å². The Morgan fingerprint density at radius 1 is 0.600 bits per heavy atom. The van der Waals surface area contributed by atoms with Crippen LogP contribution < -0.4 is 37.6 Å². The van der Waals surface area contributed by atoms with Crippen LogP contribution in [0.1, 0.15) is 11.1 Å². The molecule has 152 valence electrons. The fourth-order valence-corrected chi connectivity index (χ4v) is 8.42. The molecule has 1 nitrogen and oxygen atoms in total. The van der Waals surface area contributed by atoms with Gasteiger partial charge in [0.15, 0.2) is 0 Å². The van der Waals surface area contributed by atoms with Crippen LogP contribution in [-0.4, -0.2) is 7.11 Å². The summed E-state index contributed by atoms with van der Waals surface area (Å²) in [6.07, 6.45) is 0.966. The second-order valence-corrected chi connectivity index (χ2v) is 10.7. The zero-order valence-electron chi connectivity index (χ0n) is 17.3. The van der Waals surface area contributed by atoms with E-state index in [4.69, 9.17) is 4.74 Å². The molecular formula is C27H26BrOP. The maximum atomic E-state index is 5.63. The molecule has 4 aromatic rings. The summed E-state index contributed by atoms with van der Waals surface area (Å²) in [6, 6.07) is 39.5. The molecule has 0 N–H and O–H groups in total. The Morgan fingerprint density at radius 3 is 1.43 bits per heavy atom. The van der Waals surface area contributed by atoms with Gasteiger partial charge in [0.05, 0.1) is 13.3 Å². The van der Waals surface area contributed by atoms with Crippen molar-refractivity contribution in [2.75, 3.05) is 7.11 Å². The van der Waals surface area contributed by atoms with Crippen molar-refractivity contribution in [3.8, 4) is 5.75 Å². The van der Waals surface area contributed by atoms with Crippen LogP contribution in [0, 0.1) is 6.92 Å². The van der Waals surface area contributed by atoms with Gasteiger partial charge >= 0.3 is 0 Å². The largest absolute Gasteiger partial charge is 1.00 e. The first-order valence-corrected chi connectivity index (χ1v) is 11.9. The highest BCUT2D eigenvalue weighted by molar-refractivity contribution is 7.95. The molecule has 0 fully saturated rings. The van der Waals surface area contributed by atoms with Crippen LogP contribution in [0.25, 0.3) is 0 Å². The fourth-order valence-electron chi connectivity index (χ4n) is 4.08. The van der Waals surface area contributed by atoms with E-state index in [1.54, 1.807) is 7.11 Å². The highest BCUT2D eigenvalue weighted by Crippen LogP contribution is 2.58. The van der Waals surface area contributed by atoms with Crippen LogP contribution in [-0.2, 0) is 6.16 Å². The number of benzene rings is 4. The van der Waals surface area contributed by atoms with E-state index in [2.05, 4.69) is 110 Å². The minimum Gasteiger partial charge on any atom is -1.00 e. The zero-order chi connectivity index (χ0) is 20.1. The minimum absolute atomic E-state index is 0. The number of halogens is 1. The monoisotopic (exact) mass is 476 g/mol. The van der Waals surface area contributed by atoms with Gasteiger partial charge in [-0.3, -0.25) is 0 Å². The van der Waals surface area contributed by atoms with E-state index in [0.29, 0.717) is 0 Å². The minimum atomic E-state index is -1.89. The van der Waals surface area contributed by atoms with Gasteiger partial charge in [0.25, 0.3) is 0 Å². The molecule has 4 aromatic carbocycles. The SMILES string of the molecule is COc1cccc(C[P+](c2ccccc2)(c2ccccc2)c2ccccc2)c1C.[Br-]. The van der Waals surface area contributed by atoms with Crippen molar-refractivity contribution in [3.05, 3.63) is 120 Å². The summed E-state index contributed by atoms with van der Waals surface area (Å²) < 4.78 is 5.63. The van der Waals surface area contributed by atoms with Gasteiger partial charge in [0, 0.05) is 0 Å². The summed E-state index contributed by atoms with van der Waals surface area (Å²) in [7, 11) is -0.138. The Balaban J connectivity index is 0.00000256. The Hall–Kier alpha value is -2.41. The Kier molecular flexibility index (Phi) is 7.48. The lowest BCUT2D eigenvalue weighted by molar-refractivity contribution is -0.00000601. The molecule has 30 heavy (non-hydrogen) atoms. The number of hydrogen-bond donors (Lipinski definition) is 0. The molecule has 0 radical (unpaired) electrons. The summed E-state index contributed by atoms with van der Waals surface area (Å²) in [5.41, 5.74) is 2.57. The topological polar surface area (TPSA) is 9.23 Å². The molecular weight excluding hydrogens is 451 g/mol. The van der Waals surface area contributed by atoms with Gasteiger partial charge in [-0.05, 0) is 60.5 Å². The van der Waals surface area contributed by atoms with Gasteiger partial charge in [-0.25, -0.2) is 0 Å². The molecule has 3 heteroatoms. The smallest absolute Gasteiger partial charge is 0.122 e. The maximum Gasteiger partial charge on any atom is 0.122 e. The summed E-state index contributed by atoms with van der Waals surface area (Å²) in [5.74, 6) is 0.954. The van der Waals surface area contributed by atoms with Crippen LogP contribution in [0.3, 0.4) is 0 Å². The quantitative estimate of drug-likeness (QED) is 0.388. The highest BCUT2D eigenvalue weighted by atomic mass is 79.9. The van der Waals surface area contributed by atoms with Gasteiger partial charge < -0.3 is 21.7 Å². The standard InChI is InChI=1S/C27H26OP.BrH/c1-22-23(13-12-20-27(22)28-2)21-29(24-14-6-3-7-15-24,25-16-8-4-9-17-25)26-18-10-5-11-19-26;/h3-20H,21H2,1-2H3;1H/q+1;/p-1. The highest BCUT2D eigenvalue weighted by Gasteiger charge is 2.45. The molecule has 0 aliphatic heterocycles. The lowest BCUT2D eigenvalue weighted by atomic mass is 10.1. The second-order valence-electron chi connectivity index (χ2n) is 7.22. The number of hydrogen-bond acceptors (Lipinski definition) is 1. The van der Waals surface area contributed by atoms with Gasteiger partial charge in [0.2, 0.25) is 0 Å². The lowest BCUT2D eigenvalue weighted by Crippen LogP contribution is -3.00. The van der Waals surface area contributed by atoms with E-state index < -0.39 is 7.26 Å². The third-order valence-electron chi connectivity index (χ3n) is 5.61. The summed E-state index contributed by atoms with van der Waals surface area (Å²) >= 11 is 0. The summed E-state index contributed by atoms with van der Waals surface area (Å²) in [6.45, 7) is 2.17. The van der Waals surface area contributed by atoms with E-state index in [9.17, 15) is 0 Å². The molecule has 0 saturated carbocycles. The summed E-state index contributed by atoms with van der Waals surface area (Å²) in [4.78, 5) is 0. The number of rotatable bonds is 6. The van der Waals surface area contributed by atoms with Crippen LogP contribution in [0.15, 0.2) is 109 Å². The lowest BCUT2D eigenvalue weighted by Gasteiger charge is -2.28. The van der Waals surface area contributed by atoms with Crippen molar-refractivity contribution in [1.29, 1.82) is 0 Å². The van der Waals surface area contributed by atoms with Gasteiger partial charge in [-0.1, -0.05) is 66.7 Å². The zero-order valence-corrected chi connectivity index (χ0v) is 19.8. The first-order chi connectivity index (χ1) is 14.3. The van der Waals surface area contributed by atoms with Crippen molar-refractivity contribution >= 4 is 23.2 Å². The van der Waals surface area contributed by atoms with E-state index in [1.165, 1.54) is 27.0 Å². The Labute approximate surface area is 190 Å². The summed E-state index contributed by atoms with van der Waals surface area (Å²) in [5, 5.41) is 4.21. The predicted molar refractivity (Wildman–Crippen MR) is 127 cm³/mol. The van der Waals surface area contributed by atoms with Crippen LogP contribution >= 0.6 is 7.26 Å². The van der Waals surface area contributed by atoms with Gasteiger partial charge in [-0.2, -0.15) is 0 Å². The van der Waals surface area contributed by atoms with Crippen LogP contribution in [0.2, 0.25) is 0 Å². The van der Waals surface area contributed by atoms with Crippen molar-refractivity contribution in [2.24, 2.45) is 0 Å². The molecule has 0 heterocycles. The third-order valence-corrected chi connectivity index (χ3v) is 9.97. The Morgan fingerprint density at radius 2 is 1.03 bits per heavy atom. The molecule has 0 unspecified atom stereocenters. The van der Waals surface area contributed by atoms with Crippen molar-refractivity contribution in [3.63, 3.8) is 0 Å². The van der Waals surface area contributed by atoms with Gasteiger partial charge in [0.1, 0.15) is 28.9 Å². The number of methoxy groups -OCH3 is 1. The molecule has 0 spiro atoms. The molecule has 0 aliphatic carbocycles. The first kappa shape index (κ1) is 22.3. The predicted octanol–water partition coefficient (Wildman–Crippen LogP) is 2.50. The van der Waals surface area contributed by atoms with E-state index in [-0.39, 0.29) is 17.0 Å². The molecule has 0 aromatic heterocycles. The van der Waals surface area contributed by atoms with Gasteiger partial charge in [-0.15, -0.1) is 0 Å².